The zero-order chi connectivity index (χ0) is 13.7. The highest BCUT2D eigenvalue weighted by Gasteiger charge is 2.11. The highest BCUT2D eigenvalue weighted by molar-refractivity contribution is 6.33. The number of nitrogens with one attached hydrogen (secondary N) is 1. The Morgan fingerprint density at radius 3 is 2.89 bits per heavy atom. The molecule has 96 valence electrons. The van der Waals surface area contributed by atoms with Crippen LogP contribution in [0.4, 0.5) is 0 Å². The Balaban J connectivity index is 2.34. The van der Waals surface area contributed by atoms with Gasteiger partial charge in [-0.05, 0) is 19.2 Å². The summed E-state index contributed by atoms with van der Waals surface area (Å²) in [5.41, 5.74) is 1.34. The van der Waals surface area contributed by atoms with Gasteiger partial charge >= 0.3 is 0 Å². The van der Waals surface area contributed by atoms with Gasteiger partial charge in [0, 0.05) is 18.3 Å². The van der Waals surface area contributed by atoms with E-state index in [9.17, 15) is 0 Å². The Labute approximate surface area is 116 Å². The van der Waals surface area contributed by atoms with Crippen LogP contribution >= 0.6 is 11.6 Å². The molecule has 0 spiro atoms. The highest BCUT2D eigenvalue weighted by atomic mass is 35.5. The van der Waals surface area contributed by atoms with Gasteiger partial charge < -0.3 is 10.1 Å². The summed E-state index contributed by atoms with van der Waals surface area (Å²) in [7, 11) is 1.86. The number of benzene rings is 1. The van der Waals surface area contributed by atoms with Crippen molar-refractivity contribution >= 4 is 11.6 Å². The number of aromatic nitrogens is 1. The van der Waals surface area contributed by atoms with E-state index in [1.165, 1.54) is 6.20 Å². The largest absolute Gasteiger partial charge is 0.437 e. The van der Waals surface area contributed by atoms with E-state index in [0.717, 1.165) is 5.56 Å². The van der Waals surface area contributed by atoms with Crippen LogP contribution in [0.3, 0.4) is 0 Å². The van der Waals surface area contributed by atoms with Crippen molar-refractivity contribution in [3.63, 3.8) is 0 Å². The fourth-order valence-corrected chi connectivity index (χ4v) is 1.82. The van der Waals surface area contributed by atoms with Crippen LogP contribution in [0.5, 0.6) is 11.6 Å². The lowest BCUT2D eigenvalue weighted by atomic mass is 10.2. The van der Waals surface area contributed by atoms with Gasteiger partial charge in [-0.3, -0.25) is 0 Å². The van der Waals surface area contributed by atoms with E-state index in [2.05, 4.69) is 10.3 Å². The minimum atomic E-state index is 0.226. The molecule has 0 radical (unpaired) electrons. The molecule has 1 aromatic carbocycles. The standard InChI is InChI=1S/C14H12ClN3O/c1-17-9-11-4-2-3-5-12(11)19-14-13(15)10(8-16)6-7-18-14/h2-7,17H,9H2,1H3. The van der Waals surface area contributed by atoms with Gasteiger partial charge in [0.05, 0.1) is 5.56 Å². The third-order valence-corrected chi connectivity index (χ3v) is 2.89. The van der Waals surface area contributed by atoms with Gasteiger partial charge in [-0.25, -0.2) is 4.98 Å². The first-order valence-electron chi connectivity index (χ1n) is 5.71. The van der Waals surface area contributed by atoms with E-state index in [0.29, 0.717) is 17.9 Å². The van der Waals surface area contributed by atoms with Crippen molar-refractivity contribution in [3.8, 4) is 17.7 Å². The fourth-order valence-electron chi connectivity index (χ4n) is 1.63. The Morgan fingerprint density at radius 2 is 2.16 bits per heavy atom. The summed E-state index contributed by atoms with van der Waals surface area (Å²) < 4.78 is 5.70. The molecule has 2 rings (SSSR count). The number of hydrogen-bond donors (Lipinski definition) is 1. The number of rotatable bonds is 4. The lowest BCUT2D eigenvalue weighted by Gasteiger charge is -2.11. The zero-order valence-electron chi connectivity index (χ0n) is 10.4. The van der Waals surface area contributed by atoms with Gasteiger partial charge in [0.1, 0.15) is 16.8 Å². The van der Waals surface area contributed by atoms with Gasteiger partial charge in [0.25, 0.3) is 0 Å². The van der Waals surface area contributed by atoms with Crippen molar-refractivity contribution in [2.24, 2.45) is 0 Å². The predicted molar refractivity (Wildman–Crippen MR) is 73.2 cm³/mol. The first kappa shape index (κ1) is 13.3. The molecule has 0 aliphatic heterocycles. The van der Waals surface area contributed by atoms with E-state index >= 15 is 0 Å². The van der Waals surface area contributed by atoms with Crippen molar-refractivity contribution in [1.29, 1.82) is 5.26 Å². The highest BCUT2D eigenvalue weighted by Crippen LogP contribution is 2.31. The van der Waals surface area contributed by atoms with E-state index < -0.39 is 0 Å². The van der Waals surface area contributed by atoms with E-state index in [4.69, 9.17) is 21.6 Å². The average molecular weight is 274 g/mol. The van der Waals surface area contributed by atoms with Crippen LogP contribution in [0.2, 0.25) is 5.02 Å². The molecular formula is C14H12ClN3O. The number of pyridine rings is 1. The van der Waals surface area contributed by atoms with E-state index in [1.807, 2.05) is 37.4 Å². The Bertz CT molecular complexity index is 622. The topological polar surface area (TPSA) is 57.9 Å². The van der Waals surface area contributed by atoms with Crippen LogP contribution < -0.4 is 10.1 Å². The normalized spacial score (nSPS) is 9.95. The molecule has 0 aliphatic rings. The Morgan fingerprint density at radius 1 is 1.37 bits per heavy atom. The van der Waals surface area contributed by atoms with Crippen molar-refractivity contribution in [3.05, 3.63) is 52.7 Å². The summed E-state index contributed by atoms with van der Waals surface area (Å²) in [4.78, 5) is 4.06. The molecule has 0 saturated carbocycles. The van der Waals surface area contributed by atoms with Crippen LogP contribution in [0, 0.1) is 11.3 Å². The summed E-state index contributed by atoms with van der Waals surface area (Å²) in [6.07, 6.45) is 1.50. The second-order valence-corrected chi connectivity index (χ2v) is 4.21. The number of nitriles is 1. The van der Waals surface area contributed by atoms with Crippen molar-refractivity contribution in [2.75, 3.05) is 7.05 Å². The molecule has 19 heavy (non-hydrogen) atoms. The summed E-state index contributed by atoms with van der Waals surface area (Å²) in [5.74, 6) is 0.908. The zero-order valence-corrected chi connectivity index (χ0v) is 11.1. The van der Waals surface area contributed by atoms with Crippen molar-refractivity contribution in [2.45, 2.75) is 6.54 Å². The third-order valence-electron chi connectivity index (χ3n) is 2.52. The molecule has 0 aliphatic carbocycles. The number of hydrogen-bond acceptors (Lipinski definition) is 4. The summed E-state index contributed by atoms with van der Waals surface area (Å²) in [5, 5.41) is 12.2. The van der Waals surface area contributed by atoms with Gasteiger partial charge in [-0.2, -0.15) is 5.26 Å². The summed E-state index contributed by atoms with van der Waals surface area (Å²) in [6.45, 7) is 0.672. The number of ether oxygens (including phenoxy) is 1. The van der Waals surface area contributed by atoms with E-state index in [-0.39, 0.29) is 10.9 Å². The van der Waals surface area contributed by atoms with Crippen molar-refractivity contribution in [1.82, 2.24) is 10.3 Å². The molecule has 4 nitrogen and oxygen atoms in total. The maximum Gasteiger partial charge on any atom is 0.239 e. The molecule has 0 saturated heterocycles. The molecule has 0 fully saturated rings. The predicted octanol–water partition coefficient (Wildman–Crippen LogP) is 3.12. The van der Waals surface area contributed by atoms with Crippen molar-refractivity contribution < 1.29 is 4.74 Å². The molecule has 0 amide bonds. The van der Waals surface area contributed by atoms with Gasteiger partial charge in [-0.15, -0.1) is 0 Å². The monoisotopic (exact) mass is 273 g/mol. The lowest BCUT2D eigenvalue weighted by molar-refractivity contribution is 0.455. The second kappa shape index (κ2) is 6.19. The number of para-hydroxylation sites is 1. The quantitative estimate of drug-likeness (QED) is 0.930. The van der Waals surface area contributed by atoms with Crippen LogP contribution in [0.25, 0.3) is 0 Å². The number of nitrogens with zero attached hydrogens (tertiary/aromatic N) is 2. The minimum Gasteiger partial charge on any atom is -0.437 e. The molecule has 2 aromatic rings. The van der Waals surface area contributed by atoms with Crippen LogP contribution in [-0.2, 0) is 6.54 Å². The van der Waals surface area contributed by atoms with E-state index in [1.54, 1.807) is 6.07 Å². The first-order chi connectivity index (χ1) is 9.26. The second-order valence-electron chi connectivity index (χ2n) is 3.83. The van der Waals surface area contributed by atoms with Crippen LogP contribution in [0.1, 0.15) is 11.1 Å². The fraction of sp³-hybridized carbons (Fsp3) is 0.143. The van der Waals surface area contributed by atoms with Gasteiger partial charge in [-0.1, -0.05) is 29.8 Å². The third kappa shape index (κ3) is 3.02. The molecule has 1 N–H and O–H groups in total. The smallest absolute Gasteiger partial charge is 0.239 e. The molecule has 0 atom stereocenters. The molecule has 5 heteroatoms. The molecule has 0 unspecified atom stereocenters. The maximum atomic E-state index is 8.92. The molecule has 1 aromatic heterocycles. The van der Waals surface area contributed by atoms with Gasteiger partial charge in [0.2, 0.25) is 5.88 Å². The number of halogens is 1. The summed E-state index contributed by atoms with van der Waals surface area (Å²) in [6, 6.07) is 11.1. The molecular weight excluding hydrogens is 262 g/mol. The summed E-state index contributed by atoms with van der Waals surface area (Å²) >= 11 is 6.06. The Hall–Kier alpha value is -2.09. The lowest BCUT2D eigenvalue weighted by Crippen LogP contribution is -2.06. The van der Waals surface area contributed by atoms with Gasteiger partial charge in [0.15, 0.2) is 0 Å². The molecule has 0 bridgehead atoms. The first-order valence-corrected chi connectivity index (χ1v) is 6.09. The van der Waals surface area contributed by atoms with Crippen LogP contribution in [0.15, 0.2) is 36.5 Å². The maximum absolute atomic E-state index is 8.92. The average Bonchev–Trinajstić information content (AvgIpc) is 2.43. The molecule has 1 heterocycles. The Kier molecular flexibility index (Phi) is 4.35. The minimum absolute atomic E-state index is 0.226. The SMILES string of the molecule is CNCc1ccccc1Oc1nccc(C#N)c1Cl. The van der Waals surface area contributed by atoms with Crippen LogP contribution in [-0.4, -0.2) is 12.0 Å².